The van der Waals surface area contributed by atoms with Crippen LogP contribution in [0.1, 0.15) is 23.0 Å². The second-order valence-corrected chi connectivity index (χ2v) is 10.0. The van der Waals surface area contributed by atoms with Gasteiger partial charge in [-0.15, -0.1) is 0 Å². The van der Waals surface area contributed by atoms with E-state index in [4.69, 9.17) is 4.74 Å². The Morgan fingerprint density at radius 1 is 1.19 bits per heavy atom. The number of amides is 1. The molecule has 8 nitrogen and oxygen atoms in total. The first-order valence-electron chi connectivity index (χ1n) is 9.47. The maximum Gasteiger partial charge on any atom is 0.258 e. The van der Waals surface area contributed by atoms with Gasteiger partial charge in [0.05, 0.1) is 39.2 Å². The highest BCUT2D eigenvalue weighted by Crippen LogP contribution is 2.30. The van der Waals surface area contributed by atoms with Crippen LogP contribution in [0, 0.1) is 6.92 Å². The fourth-order valence-electron chi connectivity index (χ4n) is 3.11. The molecule has 2 heterocycles. The normalized spacial score (nSPS) is 11.6. The number of aromatic nitrogens is 3. The number of carbonyl (C=O) groups is 1. The van der Waals surface area contributed by atoms with Crippen LogP contribution >= 0.6 is 11.3 Å². The number of nitrogens with zero attached hydrogens (tertiary/aromatic N) is 3. The van der Waals surface area contributed by atoms with Crippen LogP contribution in [0.2, 0.25) is 0 Å². The SMILES string of the molecule is CCS(=O)(=O)c1ccccc1C(=O)Nc1cc(C)nn1-c1nc2ccc(OC)cc2s1. The molecule has 0 bridgehead atoms. The summed E-state index contributed by atoms with van der Waals surface area (Å²) in [5.74, 6) is 0.499. The molecule has 2 aromatic carbocycles. The molecule has 0 unspecified atom stereocenters. The quantitative estimate of drug-likeness (QED) is 0.473. The summed E-state index contributed by atoms with van der Waals surface area (Å²) in [4.78, 5) is 17.6. The van der Waals surface area contributed by atoms with E-state index in [1.54, 1.807) is 43.8 Å². The third-order valence-electron chi connectivity index (χ3n) is 4.69. The summed E-state index contributed by atoms with van der Waals surface area (Å²) in [7, 11) is -1.95. The fourth-order valence-corrected chi connectivity index (χ4v) is 5.16. The Labute approximate surface area is 183 Å². The zero-order valence-corrected chi connectivity index (χ0v) is 18.8. The van der Waals surface area contributed by atoms with Gasteiger partial charge in [0.15, 0.2) is 9.84 Å². The molecule has 4 aromatic rings. The average molecular weight is 457 g/mol. The number of methoxy groups -OCH3 is 1. The topological polar surface area (TPSA) is 103 Å². The molecular formula is C21H20N4O4S2. The van der Waals surface area contributed by atoms with Gasteiger partial charge in [0.1, 0.15) is 11.6 Å². The van der Waals surface area contributed by atoms with Crippen molar-refractivity contribution in [1.82, 2.24) is 14.8 Å². The number of fused-ring (bicyclic) bond motifs is 1. The van der Waals surface area contributed by atoms with E-state index in [0.717, 1.165) is 16.0 Å². The van der Waals surface area contributed by atoms with Crippen LogP contribution in [0.25, 0.3) is 15.3 Å². The number of hydrogen-bond donors (Lipinski definition) is 1. The van der Waals surface area contributed by atoms with E-state index < -0.39 is 15.7 Å². The smallest absolute Gasteiger partial charge is 0.258 e. The molecule has 0 saturated carbocycles. The zero-order valence-electron chi connectivity index (χ0n) is 17.1. The molecule has 31 heavy (non-hydrogen) atoms. The van der Waals surface area contributed by atoms with Gasteiger partial charge in [-0.1, -0.05) is 30.4 Å². The highest BCUT2D eigenvalue weighted by molar-refractivity contribution is 7.91. The maximum absolute atomic E-state index is 13.0. The molecule has 0 aliphatic heterocycles. The Morgan fingerprint density at radius 3 is 2.71 bits per heavy atom. The average Bonchev–Trinajstić information content (AvgIpc) is 3.35. The van der Waals surface area contributed by atoms with Crippen LogP contribution in [0.5, 0.6) is 5.75 Å². The third kappa shape index (κ3) is 4.04. The Morgan fingerprint density at radius 2 is 1.97 bits per heavy atom. The summed E-state index contributed by atoms with van der Waals surface area (Å²) in [5.41, 5.74) is 1.55. The molecule has 0 spiro atoms. The summed E-state index contributed by atoms with van der Waals surface area (Å²) < 4.78 is 32.5. The largest absolute Gasteiger partial charge is 0.497 e. The molecule has 1 amide bonds. The molecule has 4 rings (SSSR count). The van der Waals surface area contributed by atoms with Crippen LogP contribution in [0.3, 0.4) is 0 Å². The van der Waals surface area contributed by atoms with E-state index in [-0.39, 0.29) is 16.2 Å². The predicted octanol–water partition coefficient (Wildman–Crippen LogP) is 3.84. The van der Waals surface area contributed by atoms with Gasteiger partial charge in [-0.2, -0.15) is 9.78 Å². The van der Waals surface area contributed by atoms with Crippen molar-refractivity contribution in [3.8, 4) is 10.9 Å². The number of thiazole rings is 1. The second kappa shape index (κ2) is 8.12. The van der Waals surface area contributed by atoms with Crippen molar-refractivity contribution < 1.29 is 17.9 Å². The van der Waals surface area contributed by atoms with Crippen LogP contribution in [0.4, 0.5) is 5.82 Å². The summed E-state index contributed by atoms with van der Waals surface area (Å²) in [6.45, 7) is 3.35. The lowest BCUT2D eigenvalue weighted by molar-refractivity contribution is 0.102. The summed E-state index contributed by atoms with van der Waals surface area (Å²) in [6, 6.07) is 13.4. The van der Waals surface area contributed by atoms with Crippen LogP contribution in [-0.4, -0.2) is 42.0 Å². The van der Waals surface area contributed by atoms with Gasteiger partial charge in [-0.05, 0) is 37.3 Å². The molecule has 0 aliphatic carbocycles. The number of nitrogens with one attached hydrogen (secondary N) is 1. The molecule has 0 atom stereocenters. The highest BCUT2D eigenvalue weighted by Gasteiger charge is 2.22. The lowest BCUT2D eigenvalue weighted by atomic mass is 10.2. The van der Waals surface area contributed by atoms with Crippen molar-refractivity contribution in [2.75, 3.05) is 18.2 Å². The lowest BCUT2D eigenvalue weighted by Crippen LogP contribution is -2.19. The summed E-state index contributed by atoms with van der Waals surface area (Å²) in [5, 5.41) is 7.81. The Kier molecular flexibility index (Phi) is 5.50. The molecule has 10 heteroatoms. The van der Waals surface area contributed by atoms with Gasteiger partial charge < -0.3 is 10.1 Å². The number of sulfone groups is 1. The number of benzene rings is 2. The van der Waals surface area contributed by atoms with Crippen molar-refractivity contribution in [3.05, 3.63) is 59.8 Å². The zero-order chi connectivity index (χ0) is 22.2. The van der Waals surface area contributed by atoms with Gasteiger partial charge in [0.2, 0.25) is 5.13 Å². The molecule has 160 valence electrons. The first kappa shape index (κ1) is 21.0. The van der Waals surface area contributed by atoms with Gasteiger partial charge in [0, 0.05) is 6.07 Å². The molecule has 1 N–H and O–H groups in total. The van der Waals surface area contributed by atoms with Gasteiger partial charge >= 0.3 is 0 Å². The van der Waals surface area contributed by atoms with E-state index in [9.17, 15) is 13.2 Å². The van der Waals surface area contributed by atoms with Gasteiger partial charge in [0.25, 0.3) is 5.91 Å². The Balaban J connectivity index is 1.72. The monoisotopic (exact) mass is 456 g/mol. The van der Waals surface area contributed by atoms with E-state index in [1.807, 2.05) is 18.2 Å². The first-order valence-corrected chi connectivity index (χ1v) is 11.9. The third-order valence-corrected chi connectivity index (χ3v) is 7.47. The van der Waals surface area contributed by atoms with Gasteiger partial charge in [-0.25, -0.2) is 13.4 Å². The first-order chi connectivity index (χ1) is 14.8. The highest BCUT2D eigenvalue weighted by atomic mass is 32.2. The van der Waals surface area contributed by atoms with E-state index in [2.05, 4.69) is 15.4 Å². The molecule has 2 aromatic heterocycles. The van der Waals surface area contributed by atoms with E-state index >= 15 is 0 Å². The van der Waals surface area contributed by atoms with E-state index in [1.165, 1.54) is 23.5 Å². The molecule has 0 saturated heterocycles. The number of hydrogen-bond acceptors (Lipinski definition) is 7. The minimum Gasteiger partial charge on any atom is -0.497 e. The minimum absolute atomic E-state index is 0.00451. The minimum atomic E-state index is -3.55. The second-order valence-electron chi connectivity index (χ2n) is 6.77. The van der Waals surface area contributed by atoms with Crippen molar-refractivity contribution in [2.45, 2.75) is 18.7 Å². The van der Waals surface area contributed by atoms with Crippen molar-refractivity contribution >= 4 is 43.1 Å². The van der Waals surface area contributed by atoms with Crippen molar-refractivity contribution in [1.29, 1.82) is 0 Å². The lowest BCUT2D eigenvalue weighted by Gasteiger charge is -2.10. The number of carbonyl (C=O) groups excluding carboxylic acids is 1. The van der Waals surface area contributed by atoms with E-state index in [0.29, 0.717) is 16.6 Å². The number of anilines is 1. The molecule has 0 aliphatic rings. The predicted molar refractivity (Wildman–Crippen MR) is 120 cm³/mol. The van der Waals surface area contributed by atoms with Gasteiger partial charge in [-0.3, -0.25) is 4.79 Å². The fraction of sp³-hybridized carbons (Fsp3) is 0.190. The maximum atomic E-state index is 13.0. The Bertz CT molecular complexity index is 1390. The number of ether oxygens (including phenoxy) is 1. The summed E-state index contributed by atoms with van der Waals surface area (Å²) >= 11 is 1.40. The Hall–Kier alpha value is -3.24. The van der Waals surface area contributed by atoms with Crippen molar-refractivity contribution in [2.24, 2.45) is 0 Å². The van der Waals surface area contributed by atoms with Crippen LogP contribution < -0.4 is 10.1 Å². The van der Waals surface area contributed by atoms with Crippen LogP contribution in [-0.2, 0) is 9.84 Å². The van der Waals surface area contributed by atoms with Crippen LogP contribution in [0.15, 0.2) is 53.4 Å². The summed E-state index contributed by atoms with van der Waals surface area (Å²) in [6.07, 6.45) is 0. The molecule has 0 fully saturated rings. The van der Waals surface area contributed by atoms with Crippen molar-refractivity contribution in [3.63, 3.8) is 0 Å². The number of rotatable bonds is 6. The molecular weight excluding hydrogens is 436 g/mol. The number of aryl methyl sites for hydroxylation is 1. The standard InChI is InChI=1S/C21H20N4O4S2/c1-4-31(27,28)18-8-6-5-7-15(18)20(26)23-19-11-13(2)24-25(19)21-22-16-10-9-14(29-3)12-17(16)30-21/h5-12H,4H2,1-3H3,(H,23,26). The molecule has 0 radical (unpaired) electrons.